The average Bonchev–Trinajstić information content (AvgIpc) is 2.58. The van der Waals surface area contributed by atoms with E-state index >= 15 is 0 Å². The molecular weight excluding hydrogens is 370 g/mol. The molecule has 0 fully saturated rings. The van der Waals surface area contributed by atoms with Crippen LogP contribution in [0, 0.1) is 5.82 Å². The maximum atomic E-state index is 14.3. The van der Waals surface area contributed by atoms with E-state index in [1.54, 1.807) is 0 Å². The first-order chi connectivity index (χ1) is 12.7. The summed E-state index contributed by atoms with van der Waals surface area (Å²) in [6.45, 7) is -0.105. The Morgan fingerprint density at radius 3 is 2.37 bits per heavy atom. The standard InChI is InChI=1S/C18H11F4NO4/c19-13-3-1-2-12-15(13)23(9-14(16(12)24)27-17(25)26)8-10-4-6-11(7-5-10)18(20,21)22/h1-7,9H,8H2,(H,25,26). The number of carboxylic acid groups (broad SMARTS) is 1. The molecule has 3 aromatic rings. The highest BCUT2D eigenvalue weighted by Crippen LogP contribution is 2.29. The average molecular weight is 381 g/mol. The third-order valence-corrected chi connectivity index (χ3v) is 3.85. The monoisotopic (exact) mass is 381 g/mol. The van der Waals surface area contributed by atoms with Crippen molar-refractivity contribution in [3.63, 3.8) is 0 Å². The van der Waals surface area contributed by atoms with Gasteiger partial charge in [0.2, 0.25) is 5.43 Å². The molecule has 2 aromatic carbocycles. The van der Waals surface area contributed by atoms with Gasteiger partial charge in [0.05, 0.1) is 22.7 Å². The van der Waals surface area contributed by atoms with Gasteiger partial charge in [0.1, 0.15) is 5.82 Å². The van der Waals surface area contributed by atoms with Crippen LogP contribution in [0.15, 0.2) is 53.5 Å². The minimum Gasteiger partial charge on any atom is -0.449 e. The highest BCUT2D eigenvalue weighted by atomic mass is 19.4. The van der Waals surface area contributed by atoms with Crippen LogP contribution in [0.4, 0.5) is 22.4 Å². The van der Waals surface area contributed by atoms with Gasteiger partial charge < -0.3 is 14.4 Å². The summed E-state index contributed by atoms with van der Waals surface area (Å²) in [6, 6.07) is 7.89. The maximum Gasteiger partial charge on any atom is 0.511 e. The van der Waals surface area contributed by atoms with E-state index in [0.29, 0.717) is 5.56 Å². The fourth-order valence-electron chi connectivity index (χ4n) is 2.68. The van der Waals surface area contributed by atoms with Crippen molar-refractivity contribution in [2.24, 2.45) is 0 Å². The molecule has 0 saturated heterocycles. The molecular formula is C18H11F4NO4. The van der Waals surface area contributed by atoms with Crippen LogP contribution in [0.5, 0.6) is 5.75 Å². The Morgan fingerprint density at radius 2 is 1.78 bits per heavy atom. The van der Waals surface area contributed by atoms with E-state index in [1.165, 1.54) is 28.8 Å². The molecule has 0 saturated carbocycles. The van der Waals surface area contributed by atoms with Crippen LogP contribution in [0.3, 0.4) is 0 Å². The van der Waals surface area contributed by atoms with E-state index in [9.17, 15) is 27.2 Å². The molecule has 0 atom stereocenters. The normalized spacial score (nSPS) is 11.6. The van der Waals surface area contributed by atoms with Crippen molar-refractivity contribution >= 4 is 17.1 Å². The fraction of sp³-hybridized carbons (Fsp3) is 0.111. The lowest BCUT2D eigenvalue weighted by molar-refractivity contribution is -0.137. The molecule has 5 nitrogen and oxygen atoms in total. The van der Waals surface area contributed by atoms with E-state index in [-0.39, 0.29) is 17.4 Å². The summed E-state index contributed by atoms with van der Waals surface area (Å²) >= 11 is 0. The number of hydrogen-bond acceptors (Lipinski definition) is 3. The van der Waals surface area contributed by atoms with E-state index in [0.717, 1.165) is 24.4 Å². The van der Waals surface area contributed by atoms with Crippen molar-refractivity contribution in [2.45, 2.75) is 12.7 Å². The molecule has 0 spiro atoms. The number of fused-ring (bicyclic) bond motifs is 1. The highest BCUT2D eigenvalue weighted by molar-refractivity contribution is 5.81. The van der Waals surface area contributed by atoms with E-state index in [4.69, 9.17) is 5.11 Å². The first-order valence-electron chi connectivity index (χ1n) is 7.55. The zero-order chi connectivity index (χ0) is 19.8. The third-order valence-electron chi connectivity index (χ3n) is 3.85. The Bertz CT molecular complexity index is 1070. The molecule has 9 heteroatoms. The smallest absolute Gasteiger partial charge is 0.449 e. The number of para-hydroxylation sites is 1. The number of benzene rings is 2. The molecule has 0 aliphatic heterocycles. The second-order valence-corrected chi connectivity index (χ2v) is 5.65. The van der Waals surface area contributed by atoms with Crippen LogP contribution >= 0.6 is 0 Å². The Balaban J connectivity index is 2.11. The molecule has 3 rings (SSSR count). The van der Waals surface area contributed by atoms with Crippen LogP contribution in [-0.2, 0) is 12.7 Å². The summed E-state index contributed by atoms with van der Waals surface area (Å²) in [6.07, 6.45) is -5.19. The Morgan fingerprint density at radius 1 is 1.11 bits per heavy atom. The predicted octanol–water partition coefficient (Wildman–Crippen LogP) is 4.26. The van der Waals surface area contributed by atoms with Gasteiger partial charge in [-0.25, -0.2) is 9.18 Å². The number of aromatic nitrogens is 1. The number of alkyl halides is 3. The molecule has 0 aliphatic rings. The van der Waals surface area contributed by atoms with E-state index in [1.807, 2.05) is 0 Å². The Hall–Kier alpha value is -3.36. The van der Waals surface area contributed by atoms with Gasteiger partial charge >= 0.3 is 12.3 Å². The van der Waals surface area contributed by atoms with E-state index < -0.39 is 34.9 Å². The summed E-state index contributed by atoms with van der Waals surface area (Å²) < 4.78 is 57.9. The second-order valence-electron chi connectivity index (χ2n) is 5.65. The van der Waals surface area contributed by atoms with Crippen molar-refractivity contribution in [3.8, 4) is 5.75 Å². The van der Waals surface area contributed by atoms with Crippen LogP contribution < -0.4 is 10.2 Å². The summed E-state index contributed by atoms with van der Waals surface area (Å²) in [4.78, 5) is 23.1. The van der Waals surface area contributed by atoms with Gasteiger partial charge in [-0.1, -0.05) is 18.2 Å². The van der Waals surface area contributed by atoms with Gasteiger partial charge in [0.25, 0.3) is 0 Å². The van der Waals surface area contributed by atoms with Crippen molar-refractivity contribution in [1.29, 1.82) is 0 Å². The number of rotatable bonds is 3. The summed E-state index contributed by atoms with van der Waals surface area (Å²) in [7, 11) is 0. The highest BCUT2D eigenvalue weighted by Gasteiger charge is 2.30. The second kappa shape index (κ2) is 6.75. The van der Waals surface area contributed by atoms with Crippen molar-refractivity contribution < 1.29 is 32.2 Å². The van der Waals surface area contributed by atoms with Gasteiger partial charge in [-0.2, -0.15) is 13.2 Å². The Kier molecular flexibility index (Phi) is 4.61. The van der Waals surface area contributed by atoms with Crippen LogP contribution in [-0.4, -0.2) is 15.8 Å². The lowest BCUT2D eigenvalue weighted by Crippen LogP contribution is -2.17. The topological polar surface area (TPSA) is 68.5 Å². The molecule has 0 aliphatic carbocycles. The van der Waals surface area contributed by atoms with Gasteiger partial charge in [-0.15, -0.1) is 0 Å². The number of nitrogens with zero attached hydrogens (tertiary/aromatic N) is 1. The predicted molar refractivity (Wildman–Crippen MR) is 87.4 cm³/mol. The molecule has 1 heterocycles. The minimum absolute atomic E-state index is 0.105. The zero-order valence-electron chi connectivity index (χ0n) is 13.5. The first-order valence-corrected chi connectivity index (χ1v) is 7.55. The van der Waals surface area contributed by atoms with Gasteiger partial charge in [0.15, 0.2) is 5.75 Å². The lowest BCUT2D eigenvalue weighted by atomic mass is 10.1. The molecule has 0 amide bonds. The molecule has 0 bridgehead atoms. The van der Waals surface area contributed by atoms with Crippen molar-refractivity contribution in [2.75, 3.05) is 0 Å². The summed E-state index contributed by atoms with van der Waals surface area (Å²) in [5.74, 6) is -1.27. The van der Waals surface area contributed by atoms with Gasteiger partial charge in [-0.3, -0.25) is 4.79 Å². The van der Waals surface area contributed by atoms with Crippen LogP contribution in [0.2, 0.25) is 0 Å². The van der Waals surface area contributed by atoms with Crippen LogP contribution in [0.1, 0.15) is 11.1 Å². The molecule has 0 radical (unpaired) electrons. The quantitative estimate of drug-likeness (QED) is 0.544. The lowest BCUT2D eigenvalue weighted by Gasteiger charge is -2.14. The number of halogens is 4. The Labute approximate surface area is 149 Å². The van der Waals surface area contributed by atoms with Crippen molar-refractivity contribution in [1.82, 2.24) is 4.57 Å². The molecule has 140 valence electrons. The van der Waals surface area contributed by atoms with Gasteiger partial charge in [-0.05, 0) is 29.8 Å². The van der Waals surface area contributed by atoms with Crippen LogP contribution in [0.25, 0.3) is 10.9 Å². The molecule has 27 heavy (non-hydrogen) atoms. The first kappa shape index (κ1) is 18.4. The minimum atomic E-state index is -4.49. The van der Waals surface area contributed by atoms with Crippen molar-refractivity contribution in [3.05, 3.63) is 75.8 Å². The largest absolute Gasteiger partial charge is 0.511 e. The zero-order valence-corrected chi connectivity index (χ0v) is 13.5. The number of hydrogen-bond donors (Lipinski definition) is 1. The molecule has 0 unspecified atom stereocenters. The summed E-state index contributed by atoms with van der Waals surface area (Å²) in [5.41, 5.74) is -1.37. The fourth-order valence-corrected chi connectivity index (χ4v) is 2.68. The SMILES string of the molecule is O=C(O)Oc1cn(Cc2ccc(C(F)(F)F)cc2)c2c(F)cccc2c1=O. The molecule has 1 N–H and O–H groups in total. The third kappa shape index (κ3) is 3.76. The number of ether oxygens (including phenoxy) is 1. The molecule has 1 aromatic heterocycles. The number of carbonyl (C=O) groups is 1. The summed E-state index contributed by atoms with van der Waals surface area (Å²) in [5, 5.41) is 8.64. The van der Waals surface area contributed by atoms with E-state index in [2.05, 4.69) is 4.74 Å². The number of pyridine rings is 1. The van der Waals surface area contributed by atoms with Gasteiger partial charge in [0, 0.05) is 6.54 Å². The maximum absolute atomic E-state index is 14.3.